The minimum atomic E-state index is -4.91. The van der Waals surface area contributed by atoms with Gasteiger partial charge in [-0.3, -0.25) is 4.79 Å². The summed E-state index contributed by atoms with van der Waals surface area (Å²) in [7, 11) is -3.39. The third-order valence-electron chi connectivity index (χ3n) is 5.62. The van der Waals surface area contributed by atoms with Crippen LogP contribution < -0.4 is 5.56 Å². The first-order valence-corrected chi connectivity index (χ1v) is 14.0. The third kappa shape index (κ3) is 5.96. The molecule has 194 valence electrons. The lowest BCUT2D eigenvalue weighted by molar-refractivity contribution is -0.137. The van der Waals surface area contributed by atoms with Crippen LogP contribution in [0.5, 0.6) is 0 Å². The van der Waals surface area contributed by atoms with Crippen molar-refractivity contribution in [3.63, 3.8) is 0 Å². The maximum absolute atomic E-state index is 13.8. The standard InChI is InChI=1S/C27H18ClF3N2O3S2/c1-38(35,36)21-7-4-6-20(13-21)37-19-11-9-17(10-12-19)25-14-23(27(29,30)31)22(15-32)26(34)33(25)16-18-5-2-3-8-24(18)28/h2-14H,16H2,1H3. The molecule has 1 heterocycles. The summed E-state index contributed by atoms with van der Waals surface area (Å²) in [5.74, 6) is 0. The first kappa shape index (κ1) is 27.5. The van der Waals surface area contributed by atoms with E-state index in [9.17, 15) is 31.6 Å². The molecule has 0 amide bonds. The van der Waals surface area contributed by atoms with Gasteiger partial charge in [-0.1, -0.05) is 59.8 Å². The summed E-state index contributed by atoms with van der Waals surface area (Å²) in [6.07, 6.45) is -3.80. The van der Waals surface area contributed by atoms with E-state index in [1.807, 2.05) is 0 Å². The third-order valence-corrected chi connectivity index (χ3v) is 8.10. The number of hydrogen-bond acceptors (Lipinski definition) is 5. The number of nitrogens with zero attached hydrogens (tertiary/aromatic N) is 2. The molecule has 0 N–H and O–H groups in total. The molecular formula is C27H18ClF3N2O3S2. The molecule has 0 bridgehead atoms. The Balaban J connectivity index is 1.80. The van der Waals surface area contributed by atoms with Crippen molar-refractivity contribution < 1.29 is 21.6 Å². The number of pyridine rings is 1. The molecule has 0 radical (unpaired) electrons. The lowest BCUT2D eigenvalue weighted by Gasteiger charge is -2.18. The fourth-order valence-corrected chi connectivity index (χ4v) is 5.58. The van der Waals surface area contributed by atoms with Crippen molar-refractivity contribution in [3.05, 3.63) is 111 Å². The second-order valence-corrected chi connectivity index (χ2v) is 11.9. The van der Waals surface area contributed by atoms with E-state index in [-0.39, 0.29) is 17.1 Å². The van der Waals surface area contributed by atoms with Crippen molar-refractivity contribution in [2.75, 3.05) is 6.26 Å². The fraction of sp³-hybridized carbons (Fsp3) is 0.111. The zero-order valence-electron chi connectivity index (χ0n) is 19.7. The van der Waals surface area contributed by atoms with Crippen LogP contribution in [0.2, 0.25) is 5.02 Å². The average molecular weight is 575 g/mol. The first-order valence-electron chi connectivity index (χ1n) is 11.0. The Morgan fingerprint density at radius 2 is 1.66 bits per heavy atom. The molecule has 0 atom stereocenters. The molecule has 4 aromatic rings. The predicted octanol–water partition coefficient (Wildman–Crippen LogP) is 6.66. The summed E-state index contributed by atoms with van der Waals surface area (Å²) in [4.78, 5) is 14.7. The highest BCUT2D eigenvalue weighted by Gasteiger charge is 2.36. The van der Waals surface area contributed by atoms with Crippen molar-refractivity contribution >= 4 is 33.2 Å². The number of alkyl halides is 3. The molecule has 5 nitrogen and oxygen atoms in total. The highest BCUT2D eigenvalue weighted by Crippen LogP contribution is 2.35. The van der Waals surface area contributed by atoms with Gasteiger partial charge in [-0.25, -0.2) is 8.42 Å². The minimum absolute atomic E-state index is 0.0307. The van der Waals surface area contributed by atoms with Gasteiger partial charge in [0.2, 0.25) is 0 Å². The van der Waals surface area contributed by atoms with Crippen molar-refractivity contribution in [2.45, 2.75) is 27.4 Å². The van der Waals surface area contributed by atoms with E-state index in [0.29, 0.717) is 25.9 Å². The SMILES string of the molecule is CS(=O)(=O)c1cccc(Sc2ccc(-c3cc(C(F)(F)F)c(C#N)c(=O)n3Cc3ccccc3Cl)cc2)c1. The number of aromatic nitrogens is 1. The maximum atomic E-state index is 13.8. The molecular weight excluding hydrogens is 557 g/mol. The molecule has 0 aliphatic heterocycles. The molecule has 0 aliphatic carbocycles. The normalized spacial score (nSPS) is 11.8. The number of nitriles is 1. The summed E-state index contributed by atoms with van der Waals surface area (Å²) < 4.78 is 66.2. The van der Waals surface area contributed by atoms with Gasteiger partial charge in [0.15, 0.2) is 9.84 Å². The van der Waals surface area contributed by atoms with Gasteiger partial charge in [0.1, 0.15) is 11.6 Å². The molecule has 0 saturated heterocycles. The lowest BCUT2D eigenvalue weighted by atomic mass is 10.0. The monoisotopic (exact) mass is 574 g/mol. The van der Waals surface area contributed by atoms with Gasteiger partial charge in [-0.05, 0) is 53.6 Å². The summed E-state index contributed by atoms with van der Waals surface area (Å²) >= 11 is 7.51. The molecule has 0 aliphatic rings. The van der Waals surface area contributed by atoms with Crippen molar-refractivity contribution in [3.8, 4) is 17.3 Å². The van der Waals surface area contributed by atoms with Gasteiger partial charge in [-0.15, -0.1) is 0 Å². The van der Waals surface area contributed by atoms with Crippen molar-refractivity contribution in [1.29, 1.82) is 5.26 Å². The molecule has 38 heavy (non-hydrogen) atoms. The molecule has 11 heteroatoms. The Morgan fingerprint density at radius 3 is 2.26 bits per heavy atom. The van der Waals surface area contributed by atoms with Gasteiger partial charge in [0.05, 0.1) is 22.7 Å². The fourth-order valence-electron chi connectivity index (χ4n) is 3.77. The van der Waals surface area contributed by atoms with E-state index in [0.717, 1.165) is 16.9 Å². The van der Waals surface area contributed by atoms with Crippen LogP contribution >= 0.6 is 23.4 Å². The Kier molecular flexibility index (Phi) is 7.74. The number of benzene rings is 3. The quantitative estimate of drug-likeness (QED) is 0.257. The van der Waals surface area contributed by atoms with Gasteiger partial charge < -0.3 is 4.57 Å². The number of rotatable bonds is 6. The van der Waals surface area contributed by atoms with Crippen LogP contribution in [0.4, 0.5) is 13.2 Å². The predicted molar refractivity (Wildman–Crippen MR) is 140 cm³/mol. The van der Waals surface area contributed by atoms with E-state index >= 15 is 0 Å². The van der Waals surface area contributed by atoms with Gasteiger partial charge in [0, 0.05) is 21.1 Å². The molecule has 0 fully saturated rings. The summed E-state index contributed by atoms with van der Waals surface area (Å²) in [5, 5.41) is 9.71. The van der Waals surface area contributed by atoms with E-state index in [2.05, 4.69) is 0 Å². The zero-order valence-corrected chi connectivity index (χ0v) is 22.0. The van der Waals surface area contributed by atoms with Crippen molar-refractivity contribution in [1.82, 2.24) is 4.57 Å². The van der Waals surface area contributed by atoms with Crippen LogP contribution in [0.15, 0.2) is 98.3 Å². The maximum Gasteiger partial charge on any atom is 0.417 e. The molecule has 0 saturated carbocycles. The molecule has 0 spiro atoms. The van der Waals surface area contributed by atoms with E-state index in [1.165, 1.54) is 30.0 Å². The van der Waals surface area contributed by atoms with E-state index < -0.39 is 32.7 Å². The Bertz CT molecular complexity index is 1730. The van der Waals surface area contributed by atoms with Crippen LogP contribution in [-0.2, 0) is 22.6 Å². The molecule has 0 unspecified atom stereocenters. The largest absolute Gasteiger partial charge is 0.417 e. The second kappa shape index (κ2) is 10.7. The summed E-state index contributed by atoms with van der Waals surface area (Å²) in [6.45, 7) is -0.143. The van der Waals surface area contributed by atoms with E-state index in [1.54, 1.807) is 60.7 Å². The van der Waals surface area contributed by atoms with Crippen LogP contribution in [0.25, 0.3) is 11.3 Å². The minimum Gasteiger partial charge on any atom is -0.303 e. The van der Waals surface area contributed by atoms with Crippen LogP contribution in [0.1, 0.15) is 16.7 Å². The molecule has 3 aromatic carbocycles. The molecule has 1 aromatic heterocycles. The van der Waals surface area contributed by atoms with Crippen LogP contribution in [0, 0.1) is 11.3 Å². The van der Waals surface area contributed by atoms with Gasteiger partial charge in [0.25, 0.3) is 5.56 Å². The Labute approximate surface area is 226 Å². The molecule has 4 rings (SSSR count). The van der Waals surface area contributed by atoms with Crippen LogP contribution in [0.3, 0.4) is 0 Å². The van der Waals surface area contributed by atoms with Gasteiger partial charge in [-0.2, -0.15) is 18.4 Å². The summed E-state index contributed by atoms with van der Waals surface area (Å²) in [6, 6.07) is 21.6. The zero-order chi connectivity index (χ0) is 27.7. The number of halogens is 4. The average Bonchev–Trinajstić information content (AvgIpc) is 2.86. The van der Waals surface area contributed by atoms with E-state index in [4.69, 9.17) is 11.6 Å². The first-order chi connectivity index (χ1) is 17.9. The topological polar surface area (TPSA) is 79.9 Å². The second-order valence-electron chi connectivity index (χ2n) is 8.28. The smallest absolute Gasteiger partial charge is 0.303 e. The highest BCUT2D eigenvalue weighted by molar-refractivity contribution is 7.99. The number of hydrogen-bond donors (Lipinski definition) is 0. The lowest BCUT2D eigenvalue weighted by Crippen LogP contribution is -2.28. The Morgan fingerprint density at radius 1 is 0.974 bits per heavy atom. The number of sulfone groups is 1. The van der Waals surface area contributed by atoms with Crippen molar-refractivity contribution in [2.24, 2.45) is 0 Å². The summed E-state index contributed by atoms with van der Waals surface area (Å²) in [5.41, 5.74) is -2.60. The van der Waals surface area contributed by atoms with Crippen LogP contribution in [-0.4, -0.2) is 19.2 Å². The Hall–Kier alpha value is -3.52. The highest BCUT2D eigenvalue weighted by atomic mass is 35.5. The van der Waals surface area contributed by atoms with Gasteiger partial charge >= 0.3 is 6.18 Å².